The van der Waals surface area contributed by atoms with Crippen LogP contribution in [0.3, 0.4) is 0 Å². The van der Waals surface area contributed by atoms with Gasteiger partial charge in [0.05, 0.1) is 6.61 Å². The van der Waals surface area contributed by atoms with Crippen molar-refractivity contribution in [2.75, 3.05) is 12.5 Å². The number of phenols is 1. The van der Waals surface area contributed by atoms with Gasteiger partial charge in [0.25, 0.3) is 0 Å². The number of para-hydroxylation sites is 1. The van der Waals surface area contributed by atoms with Gasteiger partial charge in [-0.2, -0.15) is 0 Å². The molecule has 1 heterocycles. The molecule has 1 unspecified atom stereocenters. The largest absolute Gasteiger partial charge is 0.508 e. The first kappa shape index (κ1) is 18.2. The van der Waals surface area contributed by atoms with Crippen molar-refractivity contribution in [2.24, 2.45) is 0 Å². The molecule has 3 rings (SSSR count). The topological polar surface area (TPSA) is 75.6 Å². The molecule has 0 aromatic heterocycles. The van der Waals surface area contributed by atoms with Crippen molar-refractivity contribution >= 4 is 29.9 Å². The highest BCUT2D eigenvalue weighted by Crippen LogP contribution is 2.28. The first-order chi connectivity index (χ1) is 12.7. The maximum absolute atomic E-state index is 11.6. The number of ether oxygens (including phenoxy) is 1. The van der Waals surface area contributed by atoms with Crippen LogP contribution in [0, 0.1) is 0 Å². The highest BCUT2D eigenvalue weighted by molar-refractivity contribution is 8.03. The van der Waals surface area contributed by atoms with E-state index in [9.17, 15) is 14.7 Å². The standard InChI is InChI=1S/C20H19NO4S/c22-12-18(24)20-19(26-13-21-20)11-14-5-7-16(8-6-14)25-10-9-15-3-1-2-4-17(15)23/h1-8,11-12,20-21,23H,9-10,13H2. The van der Waals surface area contributed by atoms with Gasteiger partial charge in [0.1, 0.15) is 17.5 Å². The molecule has 0 aliphatic carbocycles. The number of hydrogen-bond donors (Lipinski definition) is 2. The molecular weight excluding hydrogens is 350 g/mol. The predicted molar refractivity (Wildman–Crippen MR) is 102 cm³/mol. The predicted octanol–water partition coefficient (Wildman–Crippen LogP) is 2.79. The summed E-state index contributed by atoms with van der Waals surface area (Å²) in [7, 11) is 0. The molecule has 1 atom stereocenters. The maximum atomic E-state index is 11.6. The van der Waals surface area contributed by atoms with E-state index in [1.807, 2.05) is 42.5 Å². The van der Waals surface area contributed by atoms with Crippen LogP contribution in [0.4, 0.5) is 0 Å². The van der Waals surface area contributed by atoms with Gasteiger partial charge in [-0.05, 0) is 35.4 Å². The van der Waals surface area contributed by atoms with E-state index in [0.29, 0.717) is 25.2 Å². The van der Waals surface area contributed by atoms with Crippen LogP contribution in [0.5, 0.6) is 11.5 Å². The van der Waals surface area contributed by atoms with Gasteiger partial charge >= 0.3 is 0 Å². The summed E-state index contributed by atoms with van der Waals surface area (Å²) in [6.07, 6.45) is 2.89. The van der Waals surface area contributed by atoms with Gasteiger partial charge in [0.2, 0.25) is 5.78 Å². The minimum absolute atomic E-state index is 0.278. The van der Waals surface area contributed by atoms with E-state index in [1.54, 1.807) is 12.1 Å². The molecule has 0 bridgehead atoms. The van der Waals surface area contributed by atoms with E-state index in [4.69, 9.17) is 4.74 Å². The van der Waals surface area contributed by atoms with E-state index < -0.39 is 11.8 Å². The molecule has 0 radical (unpaired) electrons. The highest BCUT2D eigenvalue weighted by Gasteiger charge is 2.27. The van der Waals surface area contributed by atoms with Crippen molar-refractivity contribution in [2.45, 2.75) is 12.5 Å². The highest BCUT2D eigenvalue weighted by atomic mass is 32.2. The summed E-state index contributed by atoms with van der Waals surface area (Å²) in [5.41, 5.74) is 1.79. The van der Waals surface area contributed by atoms with Crippen LogP contribution in [0.25, 0.3) is 6.08 Å². The number of ketones is 1. The lowest BCUT2D eigenvalue weighted by Crippen LogP contribution is -2.32. The molecule has 2 aromatic rings. The average molecular weight is 369 g/mol. The zero-order chi connectivity index (χ0) is 18.4. The number of nitrogens with one attached hydrogen (secondary N) is 1. The smallest absolute Gasteiger partial charge is 0.217 e. The van der Waals surface area contributed by atoms with Crippen LogP contribution < -0.4 is 10.1 Å². The van der Waals surface area contributed by atoms with Crippen LogP contribution in [-0.2, 0) is 16.0 Å². The lowest BCUT2D eigenvalue weighted by molar-refractivity contribution is -0.130. The first-order valence-electron chi connectivity index (χ1n) is 8.24. The SMILES string of the molecule is O=CC(=O)C1NCSC1=Cc1ccc(OCCc2ccccc2O)cc1. The molecule has 0 spiro atoms. The van der Waals surface area contributed by atoms with Gasteiger partial charge in [-0.15, -0.1) is 11.8 Å². The molecule has 6 heteroatoms. The maximum Gasteiger partial charge on any atom is 0.217 e. The second kappa shape index (κ2) is 8.69. The lowest BCUT2D eigenvalue weighted by atomic mass is 10.1. The number of carbonyl (C=O) groups excluding carboxylic acids is 2. The number of thioether (sulfide) groups is 1. The van der Waals surface area contributed by atoms with Gasteiger partial charge in [0.15, 0.2) is 6.29 Å². The van der Waals surface area contributed by atoms with Gasteiger partial charge in [-0.3, -0.25) is 14.9 Å². The van der Waals surface area contributed by atoms with Gasteiger partial charge in [-0.1, -0.05) is 30.3 Å². The summed E-state index contributed by atoms with van der Waals surface area (Å²) in [6, 6.07) is 14.2. The van der Waals surface area contributed by atoms with E-state index in [2.05, 4.69) is 5.32 Å². The summed E-state index contributed by atoms with van der Waals surface area (Å²) in [5, 5.41) is 12.7. The van der Waals surface area contributed by atoms with E-state index in [0.717, 1.165) is 21.8 Å². The zero-order valence-corrected chi connectivity index (χ0v) is 14.9. The third-order valence-corrected chi connectivity index (χ3v) is 5.03. The van der Waals surface area contributed by atoms with Crippen molar-refractivity contribution in [3.05, 3.63) is 64.6 Å². The van der Waals surface area contributed by atoms with Crippen LogP contribution in [0.1, 0.15) is 11.1 Å². The number of hydrogen-bond acceptors (Lipinski definition) is 6. The van der Waals surface area contributed by atoms with Crippen molar-refractivity contribution in [1.82, 2.24) is 5.32 Å². The van der Waals surface area contributed by atoms with Crippen LogP contribution >= 0.6 is 11.8 Å². The van der Waals surface area contributed by atoms with Crippen LogP contribution in [0.15, 0.2) is 53.4 Å². The monoisotopic (exact) mass is 369 g/mol. The molecule has 2 N–H and O–H groups in total. The molecule has 0 amide bonds. The zero-order valence-electron chi connectivity index (χ0n) is 14.1. The normalized spacial score (nSPS) is 18.0. The molecule has 1 saturated heterocycles. The Kier molecular flexibility index (Phi) is 6.09. The molecule has 0 saturated carbocycles. The third kappa shape index (κ3) is 4.53. The number of aldehydes is 1. The quantitative estimate of drug-likeness (QED) is 0.577. The van der Waals surface area contributed by atoms with Gasteiger partial charge < -0.3 is 9.84 Å². The fourth-order valence-electron chi connectivity index (χ4n) is 2.65. The summed E-state index contributed by atoms with van der Waals surface area (Å²) in [4.78, 5) is 23.1. The summed E-state index contributed by atoms with van der Waals surface area (Å²) < 4.78 is 5.72. The Morgan fingerprint density at radius 2 is 2.00 bits per heavy atom. The van der Waals surface area contributed by atoms with Gasteiger partial charge in [0, 0.05) is 17.2 Å². The van der Waals surface area contributed by atoms with Crippen LogP contribution in [-0.4, -0.2) is 35.7 Å². The minimum atomic E-state index is -0.535. The molecule has 5 nitrogen and oxygen atoms in total. The van der Waals surface area contributed by atoms with E-state index >= 15 is 0 Å². The summed E-state index contributed by atoms with van der Waals surface area (Å²) in [6.45, 7) is 0.466. The Balaban J connectivity index is 1.58. The molecule has 26 heavy (non-hydrogen) atoms. The Morgan fingerprint density at radius 1 is 1.23 bits per heavy atom. The second-order valence-corrected chi connectivity index (χ2v) is 6.84. The third-order valence-electron chi connectivity index (χ3n) is 4.03. The Morgan fingerprint density at radius 3 is 2.73 bits per heavy atom. The molecular formula is C20H19NO4S. The number of Topliss-reactive ketones (excluding diaryl/α,β-unsaturated/α-hetero) is 1. The molecule has 1 fully saturated rings. The van der Waals surface area contributed by atoms with Crippen molar-refractivity contribution < 1.29 is 19.4 Å². The molecule has 1 aliphatic rings. The number of carbonyl (C=O) groups is 2. The number of rotatable bonds is 7. The Labute approximate surface area is 156 Å². The fraction of sp³-hybridized carbons (Fsp3) is 0.200. The van der Waals surface area contributed by atoms with Crippen LogP contribution in [0.2, 0.25) is 0 Å². The molecule has 1 aliphatic heterocycles. The Bertz CT molecular complexity index is 817. The number of benzene rings is 2. The fourth-order valence-corrected chi connectivity index (χ4v) is 3.65. The lowest BCUT2D eigenvalue weighted by Gasteiger charge is -2.09. The minimum Gasteiger partial charge on any atom is -0.508 e. The summed E-state index contributed by atoms with van der Waals surface area (Å²) in [5.74, 6) is 1.18. The van der Waals surface area contributed by atoms with Crippen molar-refractivity contribution in [3.63, 3.8) is 0 Å². The summed E-state index contributed by atoms with van der Waals surface area (Å²) >= 11 is 1.52. The van der Waals surface area contributed by atoms with Gasteiger partial charge in [-0.25, -0.2) is 0 Å². The number of phenolic OH excluding ortho intramolecular Hbond substituents is 1. The molecule has 2 aromatic carbocycles. The average Bonchev–Trinajstić information content (AvgIpc) is 3.12. The number of aromatic hydroxyl groups is 1. The van der Waals surface area contributed by atoms with Crippen molar-refractivity contribution in [3.8, 4) is 11.5 Å². The van der Waals surface area contributed by atoms with E-state index in [1.165, 1.54) is 11.8 Å². The second-order valence-electron chi connectivity index (χ2n) is 5.79. The van der Waals surface area contributed by atoms with Crippen molar-refractivity contribution in [1.29, 1.82) is 0 Å². The van der Waals surface area contributed by atoms with E-state index in [-0.39, 0.29) is 5.75 Å². The first-order valence-corrected chi connectivity index (χ1v) is 9.22. The molecule has 134 valence electrons. The Hall–Kier alpha value is -2.57.